The minimum atomic E-state index is -0.491. The van der Waals surface area contributed by atoms with E-state index in [4.69, 9.17) is 4.74 Å². The lowest BCUT2D eigenvalue weighted by atomic mass is 10.1. The van der Waals surface area contributed by atoms with E-state index in [9.17, 15) is 14.9 Å². The first-order valence-electron chi connectivity index (χ1n) is 6.83. The van der Waals surface area contributed by atoms with Crippen LogP contribution >= 0.6 is 11.8 Å². The van der Waals surface area contributed by atoms with E-state index in [-0.39, 0.29) is 11.5 Å². The predicted molar refractivity (Wildman–Crippen MR) is 89.7 cm³/mol. The Bertz CT molecular complexity index is 711. The molecule has 0 heterocycles. The average Bonchev–Trinajstić information content (AvgIpc) is 2.59. The van der Waals surface area contributed by atoms with Crippen LogP contribution in [-0.4, -0.2) is 24.4 Å². The molecule has 5 nitrogen and oxygen atoms in total. The molecule has 0 aromatic heterocycles. The van der Waals surface area contributed by atoms with Crippen molar-refractivity contribution >= 4 is 23.2 Å². The molecule has 0 spiro atoms. The predicted octanol–water partition coefficient (Wildman–Crippen LogP) is 4.10. The van der Waals surface area contributed by atoms with Crippen LogP contribution in [0, 0.1) is 10.1 Å². The molecule has 0 N–H and O–H groups in total. The zero-order valence-corrected chi connectivity index (χ0v) is 13.3. The van der Waals surface area contributed by atoms with Crippen molar-refractivity contribution in [1.82, 2.24) is 0 Å². The SMILES string of the molecule is COC/C=C(\Sc1ccccc1)C(=O)c1ccc([N+](=O)[O-])cc1. The van der Waals surface area contributed by atoms with Crippen LogP contribution in [0.15, 0.2) is 70.5 Å². The van der Waals surface area contributed by atoms with Crippen LogP contribution in [0.1, 0.15) is 10.4 Å². The minimum Gasteiger partial charge on any atom is -0.381 e. The zero-order chi connectivity index (χ0) is 16.7. The summed E-state index contributed by atoms with van der Waals surface area (Å²) in [6.45, 7) is 0.313. The number of thioether (sulfide) groups is 1. The van der Waals surface area contributed by atoms with Gasteiger partial charge in [-0.2, -0.15) is 0 Å². The van der Waals surface area contributed by atoms with Crippen LogP contribution in [0.3, 0.4) is 0 Å². The van der Waals surface area contributed by atoms with Gasteiger partial charge in [0.25, 0.3) is 5.69 Å². The highest BCUT2D eigenvalue weighted by Gasteiger charge is 2.15. The molecule has 0 aliphatic heterocycles. The highest BCUT2D eigenvalue weighted by atomic mass is 32.2. The Labute approximate surface area is 138 Å². The standard InChI is InChI=1S/C17H15NO4S/c1-22-12-11-16(23-15-5-3-2-4-6-15)17(19)13-7-9-14(10-8-13)18(20)21/h2-11H,12H2,1H3/b16-11-. The Hall–Kier alpha value is -2.44. The normalized spacial score (nSPS) is 11.3. The molecule has 2 aromatic rings. The zero-order valence-electron chi connectivity index (χ0n) is 12.5. The number of Topliss-reactive ketones (excluding diaryl/α,β-unsaturated/α-hetero) is 1. The Balaban J connectivity index is 2.24. The van der Waals surface area contributed by atoms with Gasteiger partial charge in [0.05, 0.1) is 16.4 Å². The number of nitrogens with zero attached hydrogens (tertiary/aromatic N) is 1. The highest BCUT2D eigenvalue weighted by molar-refractivity contribution is 8.04. The van der Waals surface area contributed by atoms with E-state index in [1.165, 1.54) is 36.0 Å². The Morgan fingerprint density at radius 2 is 1.83 bits per heavy atom. The molecule has 0 saturated carbocycles. The minimum absolute atomic E-state index is 0.0420. The number of nitro groups is 1. The molecular formula is C17H15NO4S. The summed E-state index contributed by atoms with van der Waals surface area (Å²) in [6, 6.07) is 15.1. The van der Waals surface area contributed by atoms with Crippen molar-refractivity contribution in [3.8, 4) is 0 Å². The Kier molecular flexibility index (Phi) is 6.08. The third-order valence-corrected chi connectivity index (χ3v) is 4.05. The number of rotatable bonds is 7. The van der Waals surface area contributed by atoms with E-state index in [1.54, 1.807) is 13.2 Å². The first kappa shape index (κ1) is 16.9. The molecule has 0 unspecified atom stereocenters. The number of hydrogen-bond donors (Lipinski definition) is 0. The van der Waals surface area contributed by atoms with Crippen LogP contribution in [0.25, 0.3) is 0 Å². The quantitative estimate of drug-likeness (QED) is 0.251. The fourth-order valence-electron chi connectivity index (χ4n) is 1.83. The number of ether oxygens (including phenoxy) is 1. The number of nitro benzene ring substituents is 1. The molecule has 23 heavy (non-hydrogen) atoms. The molecule has 2 rings (SSSR count). The van der Waals surface area contributed by atoms with Crippen molar-refractivity contribution in [3.63, 3.8) is 0 Å². The summed E-state index contributed by atoms with van der Waals surface area (Å²) in [5, 5.41) is 10.7. The van der Waals surface area contributed by atoms with Gasteiger partial charge in [0.2, 0.25) is 0 Å². The molecule has 0 bridgehead atoms. The second-order valence-electron chi connectivity index (χ2n) is 4.57. The number of hydrogen-bond acceptors (Lipinski definition) is 5. The van der Waals surface area contributed by atoms with E-state index < -0.39 is 4.92 Å². The number of methoxy groups -OCH3 is 1. The number of carbonyl (C=O) groups excluding carboxylic acids is 1. The molecule has 0 aliphatic carbocycles. The first-order valence-corrected chi connectivity index (χ1v) is 7.64. The van der Waals surface area contributed by atoms with Crippen molar-refractivity contribution < 1.29 is 14.5 Å². The number of benzene rings is 2. The topological polar surface area (TPSA) is 69.4 Å². The smallest absolute Gasteiger partial charge is 0.269 e. The molecule has 0 fully saturated rings. The summed E-state index contributed by atoms with van der Waals surface area (Å²) in [5.74, 6) is -0.189. The van der Waals surface area contributed by atoms with Gasteiger partial charge >= 0.3 is 0 Å². The lowest BCUT2D eigenvalue weighted by molar-refractivity contribution is -0.384. The van der Waals surface area contributed by atoms with Crippen molar-refractivity contribution in [2.45, 2.75) is 4.90 Å². The molecule has 118 valence electrons. The molecule has 2 aromatic carbocycles. The first-order chi connectivity index (χ1) is 11.1. The summed E-state index contributed by atoms with van der Waals surface area (Å²) in [6.07, 6.45) is 1.71. The van der Waals surface area contributed by atoms with E-state index >= 15 is 0 Å². The van der Waals surface area contributed by atoms with Gasteiger partial charge in [-0.25, -0.2) is 0 Å². The van der Waals surface area contributed by atoms with Gasteiger partial charge in [-0.3, -0.25) is 14.9 Å². The molecular weight excluding hydrogens is 314 g/mol. The number of carbonyl (C=O) groups is 1. The lowest BCUT2D eigenvalue weighted by Crippen LogP contribution is -2.02. The summed E-state index contributed by atoms with van der Waals surface area (Å²) >= 11 is 1.34. The third kappa shape index (κ3) is 4.77. The van der Waals surface area contributed by atoms with Gasteiger partial charge in [-0.05, 0) is 30.3 Å². The highest BCUT2D eigenvalue weighted by Crippen LogP contribution is 2.29. The second kappa shape index (κ2) is 8.26. The van der Waals surface area contributed by atoms with Crippen LogP contribution in [0.5, 0.6) is 0 Å². The van der Waals surface area contributed by atoms with Crippen molar-refractivity contribution in [2.24, 2.45) is 0 Å². The number of ketones is 1. The van der Waals surface area contributed by atoms with E-state index in [0.29, 0.717) is 17.1 Å². The van der Waals surface area contributed by atoms with Crippen molar-refractivity contribution in [1.29, 1.82) is 0 Å². The van der Waals surface area contributed by atoms with Crippen LogP contribution in [0.2, 0.25) is 0 Å². The van der Waals surface area contributed by atoms with Gasteiger partial charge < -0.3 is 4.74 Å². The van der Waals surface area contributed by atoms with Crippen molar-refractivity contribution in [3.05, 3.63) is 81.3 Å². The largest absolute Gasteiger partial charge is 0.381 e. The van der Waals surface area contributed by atoms with Gasteiger partial charge in [-0.15, -0.1) is 0 Å². The van der Waals surface area contributed by atoms with Crippen LogP contribution in [0.4, 0.5) is 5.69 Å². The number of allylic oxidation sites excluding steroid dienone is 1. The Morgan fingerprint density at radius 1 is 1.17 bits per heavy atom. The summed E-state index contributed by atoms with van der Waals surface area (Å²) in [7, 11) is 1.55. The third-order valence-electron chi connectivity index (χ3n) is 2.97. The number of non-ortho nitro benzene ring substituents is 1. The summed E-state index contributed by atoms with van der Waals surface area (Å²) in [5.41, 5.74) is 0.362. The summed E-state index contributed by atoms with van der Waals surface area (Å²) in [4.78, 5) is 24.3. The monoisotopic (exact) mass is 329 g/mol. The van der Waals surface area contributed by atoms with Crippen LogP contribution < -0.4 is 0 Å². The van der Waals surface area contributed by atoms with Gasteiger partial charge in [0.15, 0.2) is 5.78 Å². The second-order valence-corrected chi connectivity index (χ2v) is 5.69. The van der Waals surface area contributed by atoms with Gasteiger partial charge in [0.1, 0.15) is 0 Å². The molecule has 6 heteroatoms. The van der Waals surface area contributed by atoms with E-state index in [2.05, 4.69) is 0 Å². The molecule has 0 amide bonds. The Morgan fingerprint density at radius 3 is 2.39 bits per heavy atom. The van der Waals surface area contributed by atoms with Crippen LogP contribution in [-0.2, 0) is 4.74 Å². The molecule has 0 radical (unpaired) electrons. The molecule has 0 saturated heterocycles. The maximum atomic E-state index is 12.6. The maximum absolute atomic E-state index is 12.6. The fraction of sp³-hybridized carbons (Fsp3) is 0.118. The molecule has 0 aliphatic rings. The van der Waals surface area contributed by atoms with E-state index in [1.807, 2.05) is 30.3 Å². The summed E-state index contributed by atoms with van der Waals surface area (Å²) < 4.78 is 5.02. The lowest BCUT2D eigenvalue weighted by Gasteiger charge is -2.07. The average molecular weight is 329 g/mol. The van der Waals surface area contributed by atoms with E-state index in [0.717, 1.165) is 4.90 Å². The van der Waals surface area contributed by atoms with Gasteiger partial charge in [-0.1, -0.05) is 30.0 Å². The van der Waals surface area contributed by atoms with Crippen molar-refractivity contribution in [2.75, 3.05) is 13.7 Å². The maximum Gasteiger partial charge on any atom is 0.269 e. The van der Waals surface area contributed by atoms with Gasteiger partial charge in [0, 0.05) is 29.7 Å². The molecule has 0 atom stereocenters. The fourth-order valence-corrected chi connectivity index (χ4v) is 2.74.